The Balaban J connectivity index is 1.92. The zero-order valence-electron chi connectivity index (χ0n) is 15.2. The van der Waals surface area contributed by atoms with Crippen molar-refractivity contribution in [3.63, 3.8) is 0 Å². The van der Waals surface area contributed by atoms with E-state index in [1.165, 1.54) is 49.5 Å². The second-order valence-electron chi connectivity index (χ2n) is 5.93. The number of nitrogens with one attached hydrogen (secondary N) is 1. The number of nitrogens with zero attached hydrogens (tertiary/aromatic N) is 2. The minimum absolute atomic E-state index is 0.0249. The average Bonchev–Trinajstić information content (AvgIpc) is 3.15. The number of rotatable bonds is 5. The monoisotopic (exact) mass is 409 g/mol. The number of hydrogen-bond donors (Lipinski definition) is 2. The Kier molecular flexibility index (Phi) is 5.47. The number of hydrogen-bond acceptors (Lipinski definition) is 7. The van der Waals surface area contributed by atoms with Crippen molar-refractivity contribution in [3.05, 3.63) is 77.7 Å². The van der Waals surface area contributed by atoms with Gasteiger partial charge in [-0.2, -0.15) is 5.26 Å². The Hall–Kier alpha value is -3.90. The number of aromatic nitrogens is 1. The quantitative estimate of drug-likeness (QED) is 0.375. The Morgan fingerprint density at radius 3 is 2.45 bits per heavy atom. The molecule has 2 aromatic carbocycles. The number of benzene rings is 2. The van der Waals surface area contributed by atoms with E-state index in [-0.39, 0.29) is 26.8 Å². The molecule has 0 fully saturated rings. The highest BCUT2D eigenvalue weighted by atomic mass is 32.2. The molecule has 146 valence electrons. The molecule has 0 saturated carbocycles. The lowest BCUT2D eigenvalue weighted by molar-refractivity contribution is -0.112. The van der Waals surface area contributed by atoms with Gasteiger partial charge < -0.3 is 14.9 Å². The van der Waals surface area contributed by atoms with E-state index in [4.69, 9.17) is 4.52 Å². The molecule has 9 heteroatoms. The van der Waals surface area contributed by atoms with Crippen molar-refractivity contribution < 1.29 is 22.8 Å². The van der Waals surface area contributed by atoms with Gasteiger partial charge in [0.15, 0.2) is 11.3 Å². The Bertz CT molecular complexity index is 1240. The molecule has 0 spiro atoms. The smallest absolute Gasteiger partial charge is 0.270 e. The normalized spacial score (nSPS) is 12.0. The molecule has 1 heterocycles. The molecule has 0 aliphatic rings. The van der Waals surface area contributed by atoms with Crippen LogP contribution in [0.1, 0.15) is 11.3 Å². The number of anilines is 1. The topological polar surface area (TPSA) is 133 Å². The number of aliphatic hydroxyl groups excluding tert-OH is 1. The highest BCUT2D eigenvalue weighted by Gasteiger charge is 2.21. The van der Waals surface area contributed by atoms with E-state index in [0.717, 1.165) is 0 Å². The van der Waals surface area contributed by atoms with Crippen LogP contribution in [0.5, 0.6) is 0 Å². The molecule has 29 heavy (non-hydrogen) atoms. The summed E-state index contributed by atoms with van der Waals surface area (Å²) in [5.74, 6) is -1.25. The third-order valence-corrected chi connectivity index (χ3v) is 5.80. The van der Waals surface area contributed by atoms with Crippen LogP contribution in [-0.2, 0) is 14.6 Å². The third-order valence-electron chi connectivity index (χ3n) is 4.04. The molecular weight excluding hydrogens is 394 g/mol. The summed E-state index contributed by atoms with van der Waals surface area (Å²) in [6.07, 6.45) is 1.18. The van der Waals surface area contributed by atoms with Gasteiger partial charge in [-0.25, -0.2) is 8.42 Å². The lowest BCUT2D eigenvalue weighted by atomic mass is 10.1. The van der Waals surface area contributed by atoms with Crippen LogP contribution in [0.25, 0.3) is 5.76 Å². The summed E-state index contributed by atoms with van der Waals surface area (Å²) in [7, 11) is -3.78. The van der Waals surface area contributed by atoms with Crippen LogP contribution >= 0.6 is 0 Å². The maximum Gasteiger partial charge on any atom is 0.270 e. The largest absolute Gasteiger partial charge is 0.506 e. The standard InChI is InChI=1S/C20H15N3O5S/c1-13-18(12-22-28-13)19(24)17(11-21)20(25)23-14-6-5-9-16(10-14)29(26,27)15-7-3-2-4-8-15/h2-10,12,24H,1H3,(H,23,25)/b19-17-. The van der Waals surface area contributed by atoms with Gasteiger partial charge in [0.1, 0.15) is 11.8 Å². The van der Waals surface area contributed by atoms with E-state index in [0.29, 0.717) is 0 Å². The molecule has 0 aliphatic carbocycles. The molecule has 0 radical (unpaired) electrons. The molecule has 0 unspecified atom stereocenters. The summed E-state index contributed by atoms with van der Waals surface area (Å²) in [4.78, 5) is 12.6. The molecule has 0 atom stereocenters. The second-order valence-corrected chi connectivity index (χ2v) is 7.88. The lowest BCUT2D eigenvalue weighted by Crippen LogP contribution is -2.15. The predicted octanol–water partition coefficient (Wildman–Crippen LogP) is 3.25. The first-order valence-electron chi connectivity index (χ1n) is 8.31. The number of nitriles is 1. The van der Waals surface area contributed by atoms with E-state index >= 15 is 0 Å². The van der Waals surface area contributed by atoms with Gasteiger partial charge in [0.2, 0.25) is 9.84 Å². The Morgan fingerprint density at radius 2 is 1.83 bits per heavy atom. The fourth-order valence-electron chi connectivity index (χ4n) is 2.54. The fraction of sp³-hybridized carbons (Fsp3) is 0.0500. The SMILES string of the molecule is Cc1oncc1/C(O)=C(\C#N)C(=O)Nc1cccc(S(=O)(=O)c2ccccc2)c1. The van der Waals surface area contributed by atoms with Gasteiger partial charge in [0.05, 0.1) is 21.6 Å². The highest BCUT2D eigenvalue weighted by molar-refractivity contribution is 7.91. The minimum atomic E-state index is -3.78. The zero-order chi connectivity index (χ0) is 21.0. The van der Waals surface area contributed by atoms with Crippen LogP contribution in [-0.4, -0.2) is 24.6 Å². The Morgan fingerprint density at radius 1 is 1.14 bits per heavy atom. The Labute approximate surface area is 166 Å². The average molecular weight is 409 g/mol. The molecule has 0 bridgehead atoms. The summed E-state index contributed by atoms with van der Waals surface area (Å²) in [6.45, 7) is 1.52. The van der Waals surface area contributed by atoms with E-state index in [9.17, 15) is 23.6 Å². The first-order chi connectivity index (χ1) is 13.8. The summed E-state index contributed by atoms with van der Waals surface area (Å²) in [6, 6.07) is 15.1. The molecule has 1 aromatic heterocycles. The zero-order valence-corrected chi connectivity index (χ0v) is 16.0. The number of amides is 1. The predicted molar refractivity (Wildman–Crippen MR) is 103 cm³/mol. The molecule has 2 N–H and O–H groups in total. The third kappa shape index (κ3) is 4.02. The summed E-state index contributed by atoms with van der Waals surface area (Å²) < 4.78 is 30.3. The molecule has 0 saturated heterocycles. The van der Waals surface area contributed by atoms with Crippen molar-refractivity contribution in [2.24, 2.45) is 0 Å². The molecule has 1 amide bonds. The first-order valence-corrected chi connectivity index (χ1v) is 9.79. The molecule has 3 aromatic rings. The van der Waals surface area contributed by atoms with Gasteiger partial charge in [0.25, 0.3) is 5.91 Å². The molecule has 3 rings (SSSR count). The number of carbonyl (C=O) groups is 1. The van der Waals surface area contributed by atoms with Crippen molar-refractivity contribution in [2.45, 2.75) is 16.7 Å². The van der Waals surface area contributed by atoms with Crippen molar-refractivity contribution in [1.29, 1.82) is 5.26 Å². The van der Waals surface area contributed by atoms with Crippen LogP contribution < -0.4 is 5.32 Å². The maximum atomic E-state index is 12.7. The van der Waals surface area contributed by atoms with E-state index in [2.05, 4.69) is 10.5 Å². The van der Waals surface area contributed by atoms with Crippen LogP contribution in [0.15, 0.2) is 80.7 Å². The summed E-state index contributed by atoms with van der Waals surface area (Å²) >= 11 is 0. The highest BCUT2D eigenvalue weighted by Crippen LogP contribution is 2.24. The van der Waals surface area contributed by atoms with Gasteiger partial charge in [-0.05, 0) is 37.3 Å². The van der Waals surface area contributed by atoms with Crippen molar-refractivity contribution in [2.75, 3.05) is 5.32 Å². The van der Waals surface area contributed by atoms with Crippen molar-refractivity contribution in [3.8, 4) is 6.07 Å². The van der Waals surface area contributed by atoms with Gasteiger partial charge in [-0.15, -0.1) is 0 Å². The maximum absolute atomic E-state index is 12.7. The lowest BCUT2D eigenvalue weighted by Gasteiger charge is -2.09. The number of carbonyl (C=O) groups excluding carboxylic acids is 1. The van der Waals surface area contributed by atoms with E-state index in [1.54, 1.807) is 24.3 Å². The van der Waals surface area contributed by atoms with Gasteiger partial charge in [-0.1, -0.05) is 29.4 Å². The number of aliphatic hydroxyl groups is 1. The molecular formula is C20H15N3O5S. The van der Waals surface area contributed by atoms with Crippen LogP contribution in [0.4, 0.5) is 5.69 Å². The van der Waals surface area contributed by atoms with Crippen molar-refractivity contribution in [1.82, 2.24) is 5.16 Å². The summed E-state index contributed by atoms with van der Waals surface area (Å²) in [5, 5.41) is 25.4. The van der Waals surface area contributed by atoms with E-state index < -0.39 is 27.1 Å². The number of aryl methyl sites for hydroxylation is 1. The van der Waals surface area contributed by atoms with E-state index in [1.807, 2.05) is 0 Å². The first kappa shape index (κ1) is 19.9. The van der Waals surface area contributed by atoms with Crippen LogP contribution in [0.2, 0.25) is 0 Å². The second kappa shape index (κ2) is 8.00. The fourth-order valence-corrected chi connectivity index (χ4v) is 3.87. The summed E-state index contributed by atoms with van der Waals surface area (Å²) in [5.41, 5.74) is -0.306. The van der Waals surface area contributed by atoms with Gasteiger partial charge in [-0.3, -0.25) is 4.79 Å². The minimum Gasteiger partial charge on any atom is -0.506 e. The van der Waals surface area contributed by atoms with Gasteiger partial charge in [0, 0.05) is 5.69 Å². The number of sulfone groups is 1. The van der Waals surface area contributed by atoms with Crippen molar-refractivity contribution >= 4 is 27.2 Å². The molecule has 0 aliphatic heterocycles. The van der Waals surface area contributed by atoms with Gasteiger partial charge >= 0.3 is 0 Å². The van der Waals surface area contributed by atoms with Crippen LogP contribution in [0.3, 0.4) is 0 Å². The molecule has 8 nitrogen and oxygen atoms in total. The van der Waals surface area contributed by atoms with Crippen LogP contribution in [0, 0.1) is 18.3 Å².